The SMILES string of the molecule is Cc1ccccc1-c1cn[nH]c1[C@@H]1CCCN(C(=O)CCCc2cccs2)C1. The van der Waals surface area contributed by atoms with Crippen LogP contribution >= 0.6 is 11.3 Å². The third-order valence-corrected chi connectivity index (χ3v) is 6.62. The van der Waals surface area contributed by atoms with E-state index in [1.165, 1.54) is 27.3 Å². The average molecular weight is 394 g/mol. The number of thiophene rings is 1. The van der Waals surface area contributed by atoms with Gasteiger partial charge in [0, 0.05) is 41.6 Å². The van der Waals surface area contributed by atoms with Gasteiger partial charge in [0.25, 0.3) is 0 Å². The smallest absolute Gasteiger partial charge is 0.222 e. The lowest BCUT2D eigenvalue weighted by Crippen LogP contribution is -2.39. The Hall–Kier alpha value is -2.40. The zero-order valence-electron chi connectivity index (χ0n) is 16.4. The van der Waals surface area contributed by atoms with E-state index in [1.807, 2.05) is 6.20 Å². The maximum atomic E-state index is 12.8. The van der Waals surface area contributed by atoms with E-state index in [4.69, 9.17) is 0 Å². The molecule has 0 aliphatic carbocycles. The molecule has 0 radical (unpaired) electrons. The van der Waals surface area contributed by atoms with Crippen molar-refractivity contribution in [2.24, 2.45) is 0 Å². The Labute approximate surface area is 170 Å². The van der Waals surface area contributed by atoms with Crippen LogP contribution in [0, 0.1) is 6.92 Å². The largest absolute Gasteiger partial charge is 0.342 e. The van der Waals surface area contributed by atoms with Crippen LogP contribution in [0.15, 0.2) is 48.0 Å². The van der Waals surface area contributed by atoms with Crippen LogP contribution in [0.25, 0.3) is 11.1 Å². The van der Waals surface area contributed by atoms with Crippen molar-refractivity contribution in [2.75, 3.05) is 13.1 Å². The number of carbonyl (C=O) groups is 1. The minimum atomic E-state index is 0.290. The Kier molecular flexibility index (Phi) is 5.91. The van der Waals surface area contributed by atoms with E-state index in [0.29, 0.717) is 18.2 Å². The van der Waals surface area contributed by atoms with E-state index in [2.05, 4.69) is 63.8 Å². The predicted molar refractivity (Wildman–Crippen MR) is 115 cm³/mol. The summed E-state index contributed by atoms with van der Waals surface area (Å²) in [7, 11) is 0. The van der Waals surface area contributed by atoms with Crippen molar-refractivity contribution in [1.29, 1.82) is 0 Å². The summed E-state index contributed by atoms with van der Waals surface area (Å²) < 4.78 is 0. The first-order valence-corrected chi connectivity index (χ1v) is 11.0. The fourth-order valence-corrected chi connectivity index (χ4v) is 4.91. The van der Waals surface area contributed by atoms with Crippen LogP contribution in [0.2, 0.25) is 0 Å². The Bertz CT molecular complexity index is 916. The standard InChI is InChI=1S/C23H27N3OS/c1-17-7-2-3-11-20(17)21-15-24-25-23(21)18-8-5-13-26(16-18)22(27)12-4-9-19-10-6-14-28-19/h2-3,6-7,10-11,14-15,18H,4-5,8-9,12-13,16H2,1H3,(H,24,25)/t18-/m1/s1. The van der Waals surface area contributed by atoms with Gasteiger partial charge in [-0.25, -0.2) is 0 Å². The van der Waals surface area contributed by atoms with Gasteiger partial charge in [-0.1, -0.05) is 30.3 Å². The number of piperidine rings is 1. The number of H-pyrrole nitrogens is 1. The molecule has 0 saturated carbocycles. The number of nitrogens with one attached hydrogen (secondary N) is 1. The third kappa shape index (κ3) is 4.20. The summed E-state index contributed by atoms with van der Waals surface area (Å²) in [6.07, 6.45) is 6.64. The number of hydrogen-bond donors (Lipinski definition) is 1. The molecule has 0 unspecified atom stereocenters. The van der Waals surface area contributed by atoms with Gasteiger partial charge in [-0.05, 0) is 55.2 Å². The number of rotatable bonds is 6. The first-order valence-electron chi connectivity index (χ1n) is 10.1. The topological polar surface area (TPSA) is 49.0 Å². The van der Waals surface area contributed by atoms with E-state index in [1.54, 1.807) is 11.3 Å². The van der Waals surface area contributed by atoms with Gasteiger partial charge in [0.1, 0.15) is 0 Å². The summed E-state index contributed by atoms with van der Waals surface area (Å²) in [4.78, 5) is 16.2. The van der Waals surface area contributed by atoms with E-state index in [0.717, 1.165) is 38.8 Å². The number of aromatic amines is 1. The zero-order valence-corrected chi connectivity index (χ0v) is 17.2. The summed E-state index contributed by atoms with van der Waals surface area (Å²) >= 11 is 1.77. The zero-order chi connectivity index (χ0) is 19.3. The fraction of sp³-hybridized carbons (Fsp3) is 0.391. The van der Waals surface area contributed by atoms with Gasteiger partial charge >= 0.3 is 0 Å². The second kappa shape index (κ2) is 8.74. The first kappa shape index (κ1) is 18.9. The summed E-state index contributed by atoms with van der Waals surface area (Å²) in [5.74, 6) is 0.616. The number of benzene rings is 1. The lowest BCUT2D eigenvalue weighted by molar-refractivity contribution is -0.132. The van der Waals surface area contributed by atoms with Crippen molar-refractivity contribution >= 4 is 17.2 Å². The van der Waals surface area contributed by atoms with E-state index < -0.39 is 0 Å². The molecule has 1 aliphatic rings. The summed E-state index contributed by atoms with van der Waals surface area (Å²) in [6, 6.07) is 12.7. The minimum absolute atomic E-state index is 0.290. The molecular formula is C23H27N3OS. The summed E-state index contributed by atoms with van der Waals surface area (Å²) in [5, 5.41) is 9.67. The number of nitrogens with zero attached hydrogens (tertiary/aromatic N) is 2. The van der Waals surface area contributed by atoms with Gasteiger partial charge in [0.2, 0.25) is 5.91 Å². The van der Waals surface area contributed by atoms with Crippen molar-refractivity contribution < 1.29 is 4.79 Å². The van der Waals surface area contributed by atoms with Gasteiger partial charge in [-0.15, -0.1) is 11.3 Å². The normalized spacial score (nSPS) is 17.0. The van der Waals surface area contributed by atoms with Gasteiger partial charge in [0.15, 0.2) is 0 Å². The van der Waals surface area contributed by atoms with E-state index in [-0.39, 0.29) is 0 Å². The number of amides is 1. The molecule has 3 aromatic rings. The summed E-state index contributed by atoms with van der Waals surface area (Å²) in [5.41, 5.74) is 4.83. The van der Waals surface area contributed by atoms with E-state index >= 15 is 0 Å². The average Bonchev–Trinajstić information content (AvgIpc) is 3.40. The van der Waals surface area contributed by atoms with Crippen molar-refractivity contribution in [3.8, 4) is 11.1 Å². The van der Waals surface area contributed by atoms with Crippen molar-refractivity contribution in [2.45, 2.75) is 44.9 Å². The van der Waals surface area contributed by atoms with Crippen molar-refractivity contribution in [1.82, 2.24) is 15.1 Å². The molecule has 0 spiro atoms. The molecule has 1 amide bonds. The molecule has 28 heavy (non-hydrogen) atoms. The number of likely N-dealkylation sites (tertiary alicyclic amines) is 1. The third-order valence-electron chi connectivity index (χ3n) is 5.68. The van der Waals surface area contributed by atoms with Crippen LogP contribution < -0.4 is 0 Å². The molecule has 4 nitrogen and oxygen atoms in total. The second-order valence-corrected chi connectivity index (χ2v) is 8.66. The van der Waals surface area contributed by atoms with Gasteiger partial charge in [0.05, 0.1) is 6.20 Å². The number of carbonyl (C=O) groups excluding carboxylic acids is 1. The van der Waals surface area contributed by atoms with Gasteiger partial charge in [-0.2, -0.15) is 5.10 Å². The lowest BCUT2D eigenvalue weighted by Gasteiger charge is -2.33. The molecule has 1 aliphatic heterocycles. The maximum absolute atomic E-state index is 12.8. The van der Waals surface area contributed by atoms with Crippen LogP contribution in [-0.2, 0) is 11.2 Å². The first-order chi connectivity index (χ1) is 13.7. The van der Waals surface area contributed by atoms with Gasteiger partial charge < -0.3 is 4.90 Å². The fourth-order valence-electron chi connectivity index (χ4n) is 4.16. The molecule has 4 rings (SSSR count). The van der Waals surface area contributed by atoms with Crippen LogP contribution in [0.3, 0.4) is 0 Å². The van der Waals surface area contributed by atoms with E-state index in [9.17, 15) is 4.79 Å². The monoisotopic (exact) mass is 393 g/mol. The molecular weight excluding hydrogens is 366 g/mol. The van der Waals surface area contributed by atoms with Crippen molar-refractivity contribution in [3.05, 3.63) is 64.1 Å². The predicted octanol–water partition coefficient (Wildman–Crippen LogP) is 5.18. The Morgan fingerprint density at radius 1 is 1.25 bits per heavy atom. The maximum Gasteiger partial charge on any atom is 0.222 e. The lowest BCUT2D eigenvalue weighted by atomic mass is 9.89. The number of hydrogen-bond acceptors (Lipinski definition) is 3. The minimum Gasteiger partial charge on any atom is -0.342 e. The highest BCUT2D eigenvalue weighted by Gasteiger charge is 2.27. The highest BCUT2D eigenvalue weighted by molar-refractivity contribution is 7.09. The second-order valence-electron chi connectivity index (χ2n) is 7.62. The molecule has 1 saturated heterocycles. The highest BCUT2D eigenvalue weighted by Crippen LogP contribution is 2.34. The Morgan fingerprint density at radius 3 is 2.96 bits per heavy atom. The molecule has 5 heteroatoms. The highest BCUT2D eigenvalue weighted by atomic mass is 32.1. The molecule has 1 atom stereocenters. The molecule has 3 heterocycles. The molecule has 1 aromatic carbocycles. The van der Waals surface area contributed by atoms with Crippen LogP contribution in [0.1, 0.15) is 47.7 Å². The number of aromatic nitrogens is 2. The molecule has 1 fully saturated rings. The number of aryl methyl sites for hydroxylation is 2. The van der Waals surface area contributed by atoms with Crippen LogP contribution in [0.5, 0.6) is 0 Å². The Morgan fingerprint density at radius 2 is 2.14 bits per heavy atom. The molecule has 1 N–H and O–H groups in total. The quantitative estimate of drug-likeness (QED) is 0.628. The Balaban J connectivity index is 1.41. The summed E-state index contributed by atoms with van der Waals surface area (Å²) in [6.45, 7) is 3.80. The molecule has 2 aromatic heterocycles. The van der Waals surface area contributed by atoms with Gasteiger partial charge in [-0.3, -0.25) is 9.89 Å². The van der Waals surface area contributed by atoms with Crippen LogP contribution in [0.4, 0.5) is 0 Å². The molecule has 146 valence electrons. The molecule has 0 bridgehead atoms. The van der Waals surface area contributed by atoms with Crippen LogP contribution in [-0.4, -0.2) is 34.1 Å². The van der Waals surface area contributed by atoms with Crippen molar-refractivity contribution in [3.63, 3.8) is 0 Å².